The minimum Gasteiger partial charge on any atom is -0.508 e. The van der Waals surface area contributed by atoms with Gasteiger partial charge < -0.3 is 14.2 Å². The smallest absolute Gasteiger partial charge is 0.335 e. The lowest BCUT2D eigenvalue weighted by atomic mass is 9.81. The van der Waals surface area contributed by atoms with Crippen LogP contribution in [0.5, 0.6) is 5.75 Å². The third-order valence-corrected chi connectivity index (χ3v) is 6.55. The Labute approximate surface area is 139 Å². The van der Waals surface area contributed by atoms with Crippen LogP contribution in [0, 0.1) is 6.92 Å². The monoisotopic (exact) mass is 340 g/mol. The summed E-state index contributed by atoms with van der Waals surface area (Å²) in [5.74, 6) is 0.718. The molecule has 0 bridgehead atoms. The number of phenols is 1. The first-order valence-electron chi connectivity index (χ1n) is 8.69. The maximum absolute atomic E-state index is 12.9. The normalized spacial score (nSPS) is 16.7. The lowest BCUT2D eigenvalue weighted by molar-refractivity contribution is 0.219. The average Bonchev–Trinajstić information content (AvgIpc) is 2.51. The van der Waals surface area contributed by atoms with E-state index in [-0.39, 0.29) is 11.9 Å². The van der Waals surface area contributed by atoms with E-state index >= 15 is 0 Å². The molecule has 0 aliphatic heterocycles. The van der Waals surface area contributed by atoms with E-state index in [1.165, 1.54) is 19.3 Å². The van der Waals surface area contributed by atoms with Gasteiger partial charge in [0.05, 0.1) is 19.4 Å². The molecule has 4 nitrogen and oxygen atoms in total. The molecule has 0 atom stereocenters. The molecule has 2 rings (SSSR count). The molecule has 0 saturated heterocycles. The summed E-state index contributed by atoms with van der Waals surface area (Å²) in [4.78, 5) is 0. The molecule has 0 heterocycles. The Morgan fingerprint density at radius 2 is 1.74 bits per heavy atom. The highest BCUT2D eigenvalue weighted by Crippen LogP contribution is 2.53. The quantitative estimate of drug-likeness (QED) is 0.665. The SMILES string of the molecule is CCOP(=O)(Cc1c(C)cc(O)cc1C1CCCCC1)OCC. The van der Waals surface area contributed by atoms with Crippen molar-refractivity contribution in [1.82, 2.24) is 0 Å². The summed E-state index contributed by atoms with van der Waals surface area (Å²) in [5.41, 5.74) is 3.12. The van der Waals surface area contributed by atoms with Crippen molar-refractivity contribution >= 4 is 7.60 Å². The number of aromatic hydroxyl groups is 1. The van der Waals surface area contributed by atoms with Crippen LogP contribution in [-0.2, 0) is 19.8 Å². The van der Waals surface area contributed by atoms with Crippen molar-refractivity contribution in [3.05, 3.63) is 28.8 Å². The van der Waals surface area contributed by atoms with Crippen LogP contribution in [0.1, 0.15) is 68.6 Å². The minimum atomic E-state index is -3.14. The van der Waals surface area contributed by atoms with Gasteiger partial charge in [-0.15, -0.1) is 0 Å². The van der Waals surface area contributed by atoms with Crippen molar-refractivity contribution in [3.8, 4) is 5.75 Å². The number of rotatable bonds is 7. The number of phenolic OH excluding ortho intramolecular Hbond substituents is 1. The van der Waals surface area contributed by atoms with Crippen LogP contribution < -0.4 is 0 Å². The van der Waals surface area contributed by atoms with E-state index in [1.54, 1.807) is 6.07 Å². The number of aryl methyl sites for hydroxylation is 1. The first-order valence-corrected chi connectivity index (χ1v) is 10.4. The molecule has 1 aliphatic rings. The summed E-state index contributed by atoms with van der Waals surface area (Å²) >= 11 is 0. The van der Waals surface area contributed by atoms with Gasteiger partial charge >= 0.3 is 7.60 Å². The molecule has 5 heteroatoms. The van der Waals surface area contributed by atoms with Crippen molar-refractivity contribution in [3.63, 3.8) is 0 Å². The van der Waals surface area contributed by atoms with Gasteiger partial charge in [0, 0.05) is 0 Å². The van der Waals surface area contributed by atoms with Crippen LogP contribution in [0.25, 0.3) is 0 Å². The van der Waals surface area contributed by atoms with Crippen LogP contribution >= 0.6 is 7.60 Å². The molecule has 1 saturated carbocycles. The zero-order valence-corrected chi connectivity index (χ0v) is 15.4. The molecular weight excluding hydrogens is 311 g/mol. The molecule has 0 spiro atoms. The fourth-order valence-corrected chi connectivity index (χ4v) is 5.40. The third kappa shape index (κ3) is 4.82. The molecule has 0 amide bonds. The largest absolute Gasteiger partial charge is 0.508 e. The predicted molar refractivity (Wildman–Crippen MR) is 93.2 cm³/mol. The van der Waals surface area contributed by atoms with E-state index < -0.39 is 7.60 Å². The van der Waals surface area contributed by atoms with Gasteiger partial charge in [-0.2, -0.15) is 0 Å². The fraction of sp³-hybridized carbons (Fsp3) is 0.667. The zero-order valence-electron chi connectivity index (χ0n) is 14.5. The van der Waals surface area contributed by atoms with Gasteiger partial charge in [-0.05, 0) is 68.4 Å². The second-order valence-corrected chi connectivity index (χ2v) is 8.32. The van der Waals surface area contributed by atoms with Gasteiger partial charge in [-0.3, -0.25) is 4.57 Å². The molecule has 0 aromatic heterocycles. The third-order valence-electron chi connectivity index (χ3n) is 4.54. The number of hydrogen-bond acceptors (Lipinski definition) is 4. The molecule has 0 unspecified atom stereocenters. The standard InChI is InChI=1S/C18H29O4P/c1-4-21-23(20,22-5-2)13-18-14(3)11-16(19)12-17(18)15-9-7-6-8-10-15/h11-12,15,19H,4-10,13H2,1-3H3. The first kappa shape index (κ1) is 18.5. The molecule has 130 valence electrons. The summed E-state index contributed by atoms with van der Waals surface area (Å²) in [5, 5.41) is 10.0. The van der Waals surface area contributed by atoms with E-state index in [0.717, 1.165) is 29.5 Å². The highest BCUT2D eigenvalue weighted by Gasteiger charge is 2.29. The molecule has 1 aromatic carbocycles. The lowest BCUT2D eigenvalue weighted by Gasteiger charge is -2.27. The second-order valence-electron chi connectivity index (χ2n) is 6.27. The summed E-state index contributed by atoms with van der Waals surface area (Å²) in [6.07, 6.45) is 6.25. The highest BCUT2D eigenvalue weighted by atomic mass is 31.2. The van der Waals surface area contributed by atoms with Gasteiger partial charge in [-0.25, -0.2) is 0 Å². The van der Waals surface area contributed by atoms with E-state index in [9.17, 15) is 9.67 Å². The van der Waals surface area contributed by atoms with Gasteiger partial charge in [-0.1, -0.05) is 19.3 Å². The lowest BCUT2D eigenvalue weighted by Crippen LogP contribution is -2.10. The Morgan fingerprint density at radius 1 is 1.13 bits per heavy atom. The maximum Gasteiger partial charge on any atom is 0.335 e. The van der Waals surface area contributed by atoms with E-state index in [4.69, 9.17) is 9.05 Å². The minimum absolute atomic E-state index is 0.284. The highest BCUT2D eigenvalue weighted by molar-refractivity contribution is 7.53. The van der Waals surface area contributed by atoms with Crippen molar-refractivity contribution in [2.75, 3.05) is 13.2 Å². The summed E-state index contributed by atoms with van der Waals surface area (Å²) in [7, 11) is -3.14. The molecular formula is C18H29O4P. The van der Waals surface area contributed by atoms with Gasteiger partial charge in [0.15, 0.2) is 0 Å². The number of hydrogen-bond donors (Lipinski definition) is 1. The summed E-state index contributed by atoms with van der Waals surface area (Å²) < 4.78 is 23.9. The van der Waals surface area contributed by atoms with Gasteiger partial charge in [0.2, 0.25) is 0 Å². The van der Waals surface area contributed by atoms with E-state index in [0.29, 0.717) is 19.1 Å². The Bertz CT molecular complexity index is 554. The summed E-state index contributed by atoms with van der Waals surface area (Å²) in [6.45, 7) is 6.36. The Hall–Kier alpha value is -0.830. The Morgan fingerprint density at radius 3 is 2.30 bits per heavy atom. The summed E-state index contributed by atoms with van der Waals surface area (Å²) in [6, 6.07) is 3.59. The van der Waals surface area contributed by atoms with Crippen LogP contribution in [-0.4, -0.2) is 18.3 Å². The van der Waals surface area contributed by atoms with Crippen molar-refractivity contribution in [2.24, 2.45) is 0 Å². The predicted octanol–water partition coefficient (Wildman–Crippen LogP) is 5.51. The van der Waals surface area contributed by atoms with Crippen LogP contribution in [0.4, 0.5) is 0 Å². The average molecular weight is 340 g/mol. The zero-order chi connectivity index (χ0) is 16.9. The fourth-order valence-electron chi connectivity index (χ4n) is 3.53. The molecule has 1 fully saturated rings. The van der Waals surface area contributed by atoms with Crippen molar-refractivity contribution in [1.29, 1.82) is 0 Å². The van der Waals surface area contributed by atoms with Crippen molar-refractivity contribution < 1.29 is 18.7 Å². The Kier molecular flexibility index (Phi) is 6.70. The first-order chi connectivity index (χ1) is 11.0. The van der Waals surface area contributed by atoms with E-state index in [2.05, 4.69) is 0 Å². The second kappa shape index (κ2) is 8.32. The van der Waals surface area contributed by atoms with Crippen LogP contribution in [0.15, 0.2) is 12.1 Å². The maximum atomic E-state index is 12.9. The van der Waals surface area contributed by atoms with Crippen LogP contribution in [0.2, 0.25) is 0 Å². The molecule has 1 N–H and O–H groups in total. The topological polar surface area (TPSA) is 55.8 Å². The number of benzene rings is 1. The van der Waals surface area contributed by atoms with E-state index in [1.807, 2.05) is 26.8 Å². The van der Waals surface area contributed by atoms with Gasteiger partial charge in [0.25, 0.3) is 0 Å². The van der Waals surface area contributed by atoms with Crippen molar-refractivity contribution in [2.45, 2.75) is 65.0 Å². The molecule has 1 aliphatic carbocycles. The van der Waals surface area contributed by atoms with Gasteiger partial charge in [0.1, 0.15) is 5.75 Å². The Balaban J connectivity index is 2.37. The van der Waals surface area contributed by atoms with Crippen LogP contribution in [0.3, 0.4) is 0 Å². The molecule has 1 aromatic rings. The molecule has 23 heavy (non-hydrogen) atoms. The molecule has 0 radical (unpaired) electrons.